The van der Waals surface area contributed by atoms with Crippen LogP contribution in [0.3, 0.4) is 0 Å². The summed E-state index contributed by atoms with van der Waals surface area (Å²) in [7, 11) is 0. The van der Waals surface area contributed by atoms with Crippen molar-refractivity contribution in [2.24, 2.45) is 0 Å². The lowest BCUT2D eigenvalue weighted by molar-refractivity contribution is -0.123. The summed E-state index contributed by atoms with van der Waals surface area (Å²) in [5.41, 5.74) is 2.47. The number of carbonyl (C=O) groups excluding carboxylic acids is 1. The Morgan fingerprint density at radius 1 is 1.55 bits per heavy atom. The van der Waals surface area contributed by atoms with E-state index in [1.807, 2.05) is 6.07 Å². The van der Waals surface area contributed by atoms with Crippen LogP contribution >= 0.6 is 23.3 Å². The third kappa shape index (κ3) is 3.43. The van der Waals surface area contributed by atoms with Gasteiger partial charge >= 0.3 is 0 Å². The Kier molecular flexibility index (Phi) is 4.66. The highest BCUT2D eigenvalue weighted by molar-refractivity contribution is 6.99. The van der Waals surface area contributed by atoms with Gasteiger partial charge in [-0.15, -0.1) is 0 Å². The minimum absolute atomic E-state index is 0.206. The smallest absolute Gasteiger partial charge is 0.237 e. The normalized spacial score (nSPS) is 21.0. The summed E-state index contributed by atoms with van der Waals surface area (Å²) in [5.74, 6) is -0.206. The lowest BCUT2D eigenvalue weighted by Crippen LogP contribution is -2.40. The first-order chi connectivity index (χ1) is 10.6. The molecule has 0 saturated carbocycles. The van der Waals surface area contributed by atoms with Crippen LogP contribution in [0.5, 0.6) is 0 Å². The van der Waals surface area contributed by atoms with E-state index in [0.717, 1.165) is 28.5 Å². The second kappa shape index (κ2) is 6.68. The molecule has 22 heavy (non-hydrogen) atoms. The van der Waals surface area contributed by atoms with Crippen molar-refractivity contribution in [2.45, 2.75) is 25.2 Å². The quantitative estimate of drug-likeness (QED) is 0.895. The maximum absolute atomic E-state index is 13.1. The number of benzene rings is 1. The molecule has 0 unspecified atom stereocenters. The Hall–Kier alpha value is -1.57. The Morgan fingerprint density at radius 3 is 3.09 bits per heavy atom. The predicted molar refractivity (Wildman–Crippen MR) is 83.5 cm³/mol. The molecule has 1 saturated heterocycles. The van der Waals surface area contributed by atoms with Gasteiger partial charge in [0.25, 0.3) is 0 Å². The summed E-state index contributed by atoms with van der Waals surface area (Å²) >= 11 is 7.15. The van der Waals surface area contributed by atoms with Crippen LogP contribution in [-0.2, 0) is 11.3 Å². The largest absolute Gasteiger partial charge is 0.351 e. The molecule has 1 aromatic heterocycles. The molecule has 3 rings (SSSR count). The van der Waals surface area contributed by atoms with Crippen molar-refractivity contribution in [1.29, 1.82) is 0 Å². The van der Waals surface area contributed by atoms with Crippen molar-refractivity contribution in [2.75, 3.05) is 6.54 Å². The highest BCUT2D eigenvalue weighted by atomic mass is 35.5. The molecule has 2 atom stereocenters. The second-order valence-corrected chi connectivity index (χ2v) is 6.10. The number of halogens is 2. The summed E-state index contributed by atoms with van der Waals surface area (Å²) in [6, 6.07) is 4.94. The van der Waals surface area contributed by atoms with Crippen molar-refractivity contribution in [3.05, 3.63) is 35.0 Å². The van der Waals surface area contributed by atoms with E-state index in [9.17, 15) is 9.18 Å². The number of nitrogens with one attached hydrogen (secondary N) is 2. The average Bonchev–Trinajstić information content (AvgIpc) is 3.16. The number of hydrogen-bond acceptors (Lipinski definition) is 5. The molecule has 1 fully saturated rings. The van der Waals surface area contributed by atoms with E-state index >= 15 is 0 Å². The topological polar surface area (TPSA) is 66.9 Å². The van der Waals surface area contributed by atoms with Gasteiger partial charge in [-0.2, -0.15) is 8.75 Å². The number of aromatic nitrogens is 2. The van der Waals surface area contributed by atoms with Crippen LogP contribution in [0, 0.1) is 0 Å². The lowest BCUT2D eigenvalue weighted by atomic mass is 10.0. The number of rotatable bonds is 4. The third-order valence-electron chi connectivity index (χ3n) is 3.55. The van der Waals surface area contributed by atoms with Crippen LogP contribution in [0.15, 0.2) is 24.4 Å². The van der Waals surface area contributed by atoms with Crippen molar-refractivity contribution in [3.8, 4) is 11.3 Å². The van der Waals surface area contributed by atoms with E-state index in [1.54, 1.807) is 18.3 Å². The van der Waals surface area contributed by atoms with Gasteiger partial charge in [-0.05, 0) is 17.7 Å². The van der Waals surface area contributed by atoms with E-state index < -0.39 is 12.2 Å². The summed E-state index contributed by atoms with van der Waals surface area (Å²) < 4.78 is 21.3. The Bertz CT molecular complexity index is 667. The molecule has 0 aliphatic carbocycles. The summed E-state index contributed by atoms with van der Waals surface area (Å²) in [5, 5.41) is 6.26. The zero-order chi connectivity index (χ0) is 15.5. The second-order valence-electron chi connectivity index (χ2n) is 5.11. The van der Waals surface area contributed by atoms with Crippen LogP contribution in [0.25, 0.3) is 11.3 Å². The minimum atomic E-state index is -0.960. The van der Waals surface area contributed by atoms with Crippen LogP contribution in [0.1, 0.15) is 12.0 Å². The molecular formula is C14H14ClFN4OS. The first-order valence-electron chi connectivity index (χ1n) is 6.85. The van der Waals surface area contributed by atoms with Gasteiger partial charge in [0.1, 0.15) is 11.9 Å². The molecule has 116 valence electrons. The number of carbonyl (C=O) groups is 1. The molecule has 0 spiro atoms. The molecule has 2 aromatic rings. The maximum atomic E-state index is 13.1. The molecule has 1 amide bonds. The first kappa shape index (κ1) is 15.3. The molecule has 5 nitrogen and oxygen atoms in total. The Morgan fingerprint density at radius 2 is 2.41 bits per heavy atom. The molecule has 0 radical (unpaired) electrons. The molecular weight excluding hydrogens is 327 g/mol. The highest BCUT2D eigenvalue weighted by Gasteiger charge is 2.29. The molecule has 2 N–H and O–H groups in total. The van der Waals surface area contributed by atoms with Gasteiger partial charge in [-0.1, -0.05) is 17.7 Å². The van der Waals surface area contributed by atoms with Crippen molar-refractivity contribution < 1.29 is 9.18 Å². The fourth-order valence-electron chi connectivity index (χ4n) is 2.44. The van der Waals surface area contributed by atoms with Gasteiger partial charge in [0.2, 0.25) is 5.91 Å². The van der Waals surface area contributed by atoms with Gasteiger partial charge in [0.15, 0.2) is 0 Å². The van der Waals surface area contributed by atoms with Crippen molar-refractivity contribution >= 4 is 29.2 Å². The van der Waals surface area contributed by atoms with Gasteiger partial charge < -0.3 is 10.6 Å². The summed E-state index contributed by atoms with van der Waals surface area (Å²) in [6.45, 7) is 0.534. The Balaban J connectivity index is 1.72. The number of amides is 1. The van der Waals surface area contributed by atoms with Crippen LogP contribution in [0.4, 0.5) is 4.39 Å². The SMILES string of the molecule is O=C(NCc1cc(Cl)ccc1-c1cnsn1)[C@@H]1C[C@@H](F)CN1. The maximum Gasteiger partial charge on any atom is 0.237 e. The van der Waals surface area contributed by atoms with Crippen LogP contribution in [-0.4, -0.2) is 33.4 Å². The molecule has 0 bridgehead atoms. The molecule has 2 heterocycles. The van der Waals surface area contributed by atoms with E-state index in [1.165, 1.54) is 0 Å². The third-order valence-corrected chi connectivity index (χ3v) is 4.26. The van der Waals surface area contributed by atoms with Crippen LogP contribution in [0.2, 0.25) is 5.02 Å². The van der Waals surface area contributed by atoms with E-state index in [-0.39, 0.29) is 18.9 Å². The standard InChI is InChI=1S/C14H14ClFN4OS/c15-9-1-2-11(13-7-19-22-20-13)8(3-9)5-18-14(21)12-4-10(16)6-17-12/h1-3,7,10,12,17H,4-6H2,(H,18,21)/t10-,12+/m1/s1. The van der Waals surface area contributed by atoms with E-state index in [2.05, 4.69) is 19.4 Å². The van der Waals surface area contributed by atoms with E-state index in [4.69, 9.17) is 11.6 Å². The molecule has 1 aliphatic rings. The summed E-state index contributed by atoms with van der Waals surface area (Å²) in [4.78, 5) is 12.0. The zero-order valence-electron chi connectivity index (χ0n) is 11.6. The average molecular weight is 341 g/mol. The fraction of sp³-hybridized carbons (Fsp3) is 0.357. The monoisotopic (exact) mass is 340 g/mol. The predicted octanol–water partition coefficient (Wildman–Crippen LogP) is 2.17. The van der Waals surface area contributed by atoms with Gasteiger partial charge in [0.05, 0.1) is 24.0 Å². The minimum Gasteiger partial charge on any atom is -0.351 e. The lowest BCUT2D eigenvalue weighted by Gasteiger charge is -2.13. The fourth-order valence-corrected chi connectivity index (χ4v) is 3.06. The molecule has 1 aliphatic heterocycles. The van der Waals surface area contributed by atoms with Crippen molar-refractivity contribution in [3.63, 3.8) is 0 Å². The van der Waals surface area contributed by atoms with E-state index in [0.29, 0.717) is 11.6 Å². The zero-order valence-corrected chi connectivity index (χ0v) is 13.1. The van der Waals surface area contributed by atoms with Crippen molar-refractivity contribution in [1.82, 2.24) is 19.4 Å². The van der Waals surface area contributed by atoms with Crippen LogP contribution < -0.4 is 10.6 Å². The van der Waals surface area contributed by atoms with Gasteiger partial charge in [-0.25, -0.2) is 4.39 Å². The number of hydrogen-bond donors (Lipinski definition) is 2. The first-order valence-corrected chi connectivity index (χ1v) is 7.96. The number of alkyl halides is 1. The molecule has 1 aromatic carbocycles. The Labute approximate surface area is 136 Å². The summed E-state index contributed by atoms with van der Waals surface area (Å²) in [6.07, 6.45) is 0.925. The molecule has 8 heteroatoms. The highest BCUT2D eigenvalue weighted by Crippen LogP contribution is 2.25. The number of nitrogens with zero attached hydrogens (tertiary/aromatic N) is 2. The van der Waals surface area contributed by atoms with Gasteiger partial charge in [-0.3, -0.25) is 4.79 Å². The van der Waals surface area contributed by atoms with Gasteiger partial charge in [0, 0.05) is 30.1 Å².